The summed E-state index contributed by atoms with van der Waals surface area (Å²) in [5.41, 5.74) is -1.92. The van der Waals surface area contributed by atoms with Gasteiger partial charge in [0.25, 0.3) is 0 Å². The fraction of sp³-hybridized carbons (Fsp3) is 0.900. The van der Waals surface area contributed by atoms with E-state index in [0.29, 0.717) is 13.0 Å². The number of carbonyl (C=O) groups excluding carboxylic acids is 1. The summed E-state index contributed by atoms with van der Waals surface area (Å²) in [6.07, 6.45) is -0.309. The predicted molar refractivity (Wildman–Crippen MR) is 103 cm³/mol. The third-order valence-electron chi connectivity index (χ3n) is 3.77. The van der Waals surface area contributed by atoms with Crippen LogP contribution in [0.3, 0.4) is 0 Å². The molecule has 0 aliphatic carbocycles. The molecule has 0 radical (unpaired) electrons. The molecule has 1 unspecified atom stereocenters. The van der Waals surface area contributed by atoms with E-state index in [0.717, 1.165) is 0 Å². The van der Waals surface area contributed by atoms with Gasteiger partial charge in [0.15, 0.2) is 0 Å². The van der Waals surface area contributed by atoms with E-state index >= 15 is 0 Å². The van der Waals surface area contributed by atoms with E-state index in [1.54, 1.807) is 27.7 Å². The van der Waals surface area contributed by atoms with Gasteiger partial charge in [-0.3, -0.25) is 9.59 Å². The number of aliphatic hydroxyl groups is 2. The number of aliphatic hydroxyl groups excluding tert-OH is 2. The van der Waals surface area contributed by atoms with Gasteiger partial charge in [0.05, 0.1) is 30.1 Å². The monoisotopic (exact) mass is 376 g/mol. The maximum Gasteiger partial charge on any atom is 0.313 e. The Bertz CT molecular complexity index is 452. The van der Waals surface area contributed by atoms with Crippen molar-refractivity contribution in [1.82, 2.24) is 0 Å². The summed E-state index contributed by atoms with van der Waals surface area (Å²) in [6, 6.07) is 0. The van der Waals surface area contributed by atoms with E-state index in [9.17, 15) is 14.7 Å². The van der Waals surface area contributed by atoms with Crippen LogP contribution < -0.4 is 0 Å². The van der Waals surface area contributed by atoms with Gasteiger partial charge in [-0.1, -0.05) is 41.5 Å². The average Bonchev–Trinajstić information content (AvgIpc) is 2.42. The molecule has 0 aromatic rings. The second kappa shape index (κ2) is 9.70. The molecule has 0 amide bonds. The Morgan fingerprint density at radius 3 is 1.58 bits per heavy atom. The van der Waals surface area contributed by atoms with Crippen molar-refractivity contribution in [3.05, 3.63) is 0 Å². The maximum absolute atomic E-state index is 11.4. The van der Waals surface area contributed by atoms with Crippen molar-refractivity contribution < 1.29 is 29.6 Å². The molecule has 1 atom stereocenters. The van der Waals surface area contributed by atoms with Crippen LogP contribution in [0.5, 0.6) is 0 Å². The molecule has 0 aromatic heterocycles. The van der Waals surface area contributed by atoms with Gasteiger partial charge in [-0.2, -0.15) is 0 Å². The van der Waals surface area contributed by atoms with Crippen molar-refractivity contribution in [2.45, 2.75) is 81.8 Å². The Labute approximate surface area is 158 Å². The average molecular weight is 377 g/mol. The SMILES string of the molecule is CC(C)(C)CC(O)C(C)(C)C(=O)O.CC(C)(C)COC(=O)C(C)(C)CO. The van der Waals surface area contributed by atoms with Gasteiger partial charge in [0, 0.05) is 0 Å². The zero-order valence-electron chi connectivity index (χ0n) is 18.3. The van der Waals surface area contributed by atoms with Crippen LogP contribution in [-0.2, 0) is 14.3 Å². The summed E-state index contributed by atoms with van der Waals surface area (Å²) in [5, 5.41) is 27.4. The van der Waals surface area contributed by atoms with Gasteiger partial charge in [-0.15, -0.1) is 0 Å². The Morgan fingerprint density at radius 1 is 0.885 bits per heavy atom. The molecule has 0 spiro atoms. The number of hydrogen-bond acceptors (Lipinski definition) is 5. The highest BCUT2D eigenvalue weighted by Crippen LogP contribution is 2.30. The van der Waals surface area contributed by atoms with Crippen LogP contribution in [0.2, 0.25) is 0 Å². The fourth-order valence-corrected chi connectivity index (χ4v) is 1.52. The fourth-order valence-electron chi connectivity index (χ4n) is 1.52. The number of carboxylic acids is 1. The molecule has 0 fully saturated rings. The third kappa shape index (κ3) is 11.5. The predicted octanol–water partition coefficient (Wildman–Crippen LogP) is 3.49. The Balaban J connectivity index is 0. The zero-order chi connectivity index (χ0) is 21.6. The van der Waals surface area contributed by atoms with Crippen LogP contribution in [-0.4, -0.2) is 46.6 Å². The molecule has 3 N–H and O–H groups in total. The zero-order valence-corrected chi connectivity index (χ0v) is 18.3. The van der Waals surface area contributed by atoms with E-state index < -0.39 is 22.9 Å². The van der Waals surface area contributed by atoms with Gasteiger partial charge in [0.1, 0.15) is 0 Å². The Hall–Kier alpha value is -1.14. The summed E-state index contributed by atoms with van der Waals surface area (Å²) in [5.74, 6) is -1.30. The maximum atomic E-state index is 11.4. The number of rotatable bonds is 6. The molecule has 0 saturated heterocycles. The summed E-state index contributed by atoms with van der Waals surface area (Å²) in [6.45, 7) is 18.5. The number of aliphatic carboxylic acids is 1. The first kappa shape index (κ1) is 27.1. The minimum absolute atomic E-state index is 0.0266. The minimum atomic E-state index is -1.06. The number of hydrogen-bond donors (Lipinski definition) is 3. The summed E-state index contributed by atoms with van der Waals surface area (Å²) < 4.78 is 5.06. The minimum Gasteiger partial charge on any atom is -0.481 e. The van der Waals surface area contributed by atoms with Crippen LogP contribution in [0.1, 0.15) is 75.7 Å². The normalized spacial score (nSPS) is 14.2. The lowest BCUT2D eigenvalue weighted by Gasteiger charge is -2.31. The first-order valence-corrected chi connectivity index (χ1v) is 8.96. The van der Waals surface area contributed by atoms with Gasteiger partial charge in [-0.05, 0) is 44.9 Å². The Kier molecular flexibility index (Phi) is 10.1. The van der Waals surface area contributed by atoms with Crippen LogP contribution in [0.25, 0.3) is 0 Å². The highest BCUT2D eigenvalue weighted by Gasteiger charge is 2.37. The molecule has 0 aromatic carbocycles. The van der Waals surface area contributed by atoms with Crippen LogP contribution >= 0.6 is 0 Å². The highest BCUT2D eigenvalue weighted by atomic mass is 16.5. The van der Waals surface area contributed by atoms with E-state index in [2.05, 4.69) is 0 Å². The number of ether oxygens (including phenoxy) is 1. The molecular formula is C20H40O6. The lowest BCUT2D eigenvalue weighted by Crippen LogP contribution is -2.39. The van der Waals surface area contributed by atoms with E-state index in [-0.39, 0.29) is 23.4 Å². The highest BCUT2D eigenvalue weighted by molar-refractivity contribution is 5.76. The van der Waals surface area contributed by atoms with Crippen molar-refractivity contribution in [3.63, 3.8) is 0 Å². The van der Waals surface area contributed by atoms with Crippen molar-refractivity contribution >= 4 is 11.9 Å². The van der Waals surface area contributed by atoms with Gasteiger partial charge < -0.3 is 20.1 Å². The Morgan fingerprint density at radius 2 is 1.31 bits per heavy atom. The van der Waals surface area contributed by atoms with Crippen molar-refractivity contribution in [3.8, 4) is 0 Å². The molecule has 156 valence electrons. The molecule has 0 bridgehead atoms. The quantitative estimate of drug-likeness (QED) is 0.613. The largest absolute Gasteiger partial charge is 0.481 e. The molecule has 6 heteroatoms. The van der Waals surface area contributed by atoms with Crippen molar-refractivity contribution in [2.75, 3.05) is 13.2 Å². The topological polar surface area (TPSA) is 104 Å². The lowest BCUT2D eigenvalue weighted by molar-refractivity contribution is -0.159. The van der Waals surface area contributed by atoms with Crippen LogP contribution in [0.4, 0.5) is 0 Å². The van der Waals surface area contributed by atoms with Crippen LogP contribution in [0, 0.1) is 21.7 Å². The first-order chi connectivity index (χ1) is 11.3. The van der Waals surface area contributed by atoms with E-state index in [1.165, 1.54) is 0 Å². The summed E-state index contributed by atoms with van der Waals surface area (Å²) in [7, 11) is 0. The molecular weight excluding hydrogens is 336 g/mol. The molecule has 6 nitrogen and oxygen atoms in total. The number of carboxylic acid groups (broad SMARTS) is 1. The van der Waals surface area contributed by atoms with Gasteiger partial charge >= 0.3 is 11.9 Å². The number of esters is 1. The summed E-state index contributed by atoms with van der Waals surface area (Å²) >= 11 is 0. The van der Waals surface area contributed by atoms with Gasteiger partial charge in [-0.25, -0.2) is 0 Å². The second-order valence-corrected chi connectivity index (χ2v) is 10.5. The standard InChI is InChI=1S/2C10H20O3/c1-9(2,3)7-13-8(12)10(4,5)6-11;1-9(2,3)6-7(11)10(4,5)8(12)13/h11H,6-7H2,1-5H3;7,11H,6H2,1-5H3,(H,12,13). The first-order valence-electron chi connectivity index (χ1n) is 8.96. The molecule has 26 heavy (non-hydrogen) atoms. The molecule has 0 aliphatic heterocycles. The molecule has 0 aliphatic rings. The third-order valence-corrected chi connectivity index (χ3v) is 3.77. The molecule has 0 saturated carbocycles. The smallest absolute Gasteiger partial charge is 0.313 e. The van der Waals surface area contributed by atoms with E-state index in [1.807, 2.05) is 41.5 Å². The molecule has 0 rings (SSSR count). The number of carbonyl (C=O) groups is 2. The van der Waals surface area contributed by atoms with Crippen LogP contribution in [0.15, 0.2) is 0 Å². The van der Waals surface area contributed by atoms with E-state index in [4.69, 9.17) is 14.9 Å². The van der Waals surface area contributed by atoms with Gasteiger partial charge in [0.2, 0.25) is 0 Å². The van der Waals surface area contributed by atoms with Crippen molar-refractivity contribution in [1.29, 1.82) is 0 Å². The second-order valence-electron chi connectivity index (χ2n) is 10.5. The lowest BCUT2D eigenvalue weighted by atomic mass is 9.77. The molecule has 0 heterocycles. The van der Waals surface area contributed by atoms with Crippen molar-refractivity contribution in [2.24, 2.45) is 21.7 Å². The summed E-state index contributed by atoms with van der Waals surface area (Å²) in [4.78, 5) is 22.1.